The molecule has 2 aliphatic heterocycles. The van der Waals surface area contributed by atoms with Gasteiger partial charge in [0.05, 0.1) is 44.9 Å². The van der Waals surface area contributed by atoms with Crippen LogP contribution < -0.4 is 11.0 Å². The monoisotopic (exact) mass is 806 g/mol. The molecule has 56 heavy (non-hydrogen) atoms. The molecule has 0 unspecified atom stereocenters. The van der Waals surface area contributed by atoms with Crippen molar-refractivity contribution in [3.05, 3.63) is 119 Å². The first-order chi connectivity index (χ1) is 26.8. The zero-order valence-corrected chi connectivity index (χ0v) is 34.5. The summed E-state index contributed by atoms with van der Waals surface area (Å²) in [5.74, 6) is -1.11. The lowest BCUT2D eigenvalue weighted by molar-refractivity contribution is 0.0173. The quantitative estimate of drug-likeness (QED) is 0.0761. The number of aliphatic hydroxyl groups excluding tert-OH is 2. The van der Waals surface area contributed by atoms with Crippen molar-refractivity contribution in [1.82, 2.24) is 0 Å². The molecule has 304 valence electrons. The fourth-order valence-electron chi connectivity index (χ4n) is 8.94. The van der Waals surface area contributed by atoms with Crippen molar-refractivity contribution in [3.8, 4) is 0 Å². The average molecular weight is 807 g/mol. The van der Waals surface area contributed by atoms with E-state index in [0.717, 1.165) is 36.8 Å². The summed E-state index contributed by atoms with van der Waals surface area (Å²) in [6, 6.07) is 28.6. The zero-order valence-electron chi connectivity index (χ0n) is 32.9. The van der Waals surface area contributed by atoms with E-state index in [1.54, 1.807) is 24.3 Å². The van der Waals surface area contributed by atoms with Gasteiger partial charge in [-0.3, -0.25) is 21.4 Å². The van der Waals surface area contributed by atoms with Crippen LogP contribution in [0.25, 0.3) is 0 Å². The Bertz CT molecular complexity index is 1980. The van der Waals surface area contributed by atoms with E-state index in [4.69, 9.17) is 0 Å². The Kier molecular flexibility index (Phi) is 14.1. The Morgan fingerprint density at radius 2 is 0.929 bits per heavy atom. The maximum Gasteiger partial charge on any atom is 0.179 e. The number of sulfone groups is 2. The summed E-state index contributed by atoms with van der Waals surface area (Å²) in [7, 11) is -7.19. The predicted octanol–water partition coefficient (Wildman–Crippen LogP) is 8.71. The van der Waals surface area contributed by atoms with Crippen LogP contribution in [0.15, 0.2) is 107 Å². The molecule has 0 saturated carbocycles. The van der Waals surface area contributed by atoms with Gasteiger partial charge < -0.3 is 10.2 Å². The fraction of sp³-hybridized carbons (Fsp3) is 0.455. The molecule has 0 amide bonds. The van der Waals surface area contributed by atoms with Crippen molar-refractivity contribution in [2.75, 3.05) is 22.5 Å². The van der Waals surface area contributed by atoms with Crippen LogP contribution in [0.2, 0.25) is 0 Å². The second kappa shape index (κ2) is 18.2. The molecule has 0 bridgehead atoms. The number of hydrogen-bond donors (Lipinski definition) is 6. The van der Waals surface area contributed by atoms with Crippen molar-refractivity contribution < 1.29 is 37.5 Å². The van der Waals surface area contributed by atoms with Gasteiger partial charge in [-0.1, -0.05) is 114 Å². The molecule has 12 heteroatoms. The minimum atomic E-state index is -3.60. The lowest BCUT2D eigenvalue weighted by Crippen LogP contribution is -2.42. The molecule has 2 aliphatic rings. The van der Waals surface area contributed by atoms with Crippen LogP contribution in [0.1, 0.15) is 113 Å². The number of benzene rings is 4. The van der Waals surface area contributed by atoms with E-state index in [0.29, 0.717) is 48.2 Å². The average Bonchev–Trinajstić information content (AvgIpc) is 3.33. The highest BCUT2D eigenvalue weighted by Gasteiger charge is 2.50. The second-order valence-corrected chi connectivity index (χ2v) is 19.5. The molecule has 6 rings (SSSR count). The molecule has 6 N–H and O–H groups in total. The van der Waals surface area contributed by atoms with E-state index in [1.165, 1.54) is 12.1 Å². The Balaban J connectivity index is 0.000000214. The Hall–Kier alpha value is -3.78. The van der Waals surface area contributed by atoms with E-state index < -0.39 is 54.5 Å². The van der Waals surface area contributed by atoms with Crippen molar-refractivity contribution in [2.45, 2.75) is 113 Å². The summed E-state index contributed by atoms with van der Waals surface area (Å²) in [6.07, 6.45) is 4.38. The third-order valence-corrected chi connectivity index (χ3v) is 16.2. The minimum absolute atomic E-state index is 0.0695. The molecule has 0 spiro atoms. The summed E-state index contributed by atoms with van der Waals surface area (Å²) in [5.41, 5.74) is 6.38. The maximum absolute atomic E-state index is 13.4. The third-order valence-electron chi connectivity index (χ3n) is 12.2. The standard InChI is InChI=1S/2C22H29NO4S/c2*1-3-5-13-22(4-2)15-28(26,27)19-12-11-17(23-25)14-18(19)20(21(22)24)16-9-7-6-8-10-16/h2*6-12,14,20-21,23-25H,3-5,13,15H2,1-2H3/t20-,21-,22+;20-,21-,22-/m01/s1. The SMILES string of the molecule is CCCC[C@]1(CC)CS(=O)(=O)c2ccc(NO)cc2[C@@H](c2ccccc2)[C@H]1O.CCCC[C@]1(CC)CS(=O)(=O)c2ccc(NO)cc2[C@H](c2ccccc2)[C@@H]1O. The molecule has 2 heterocycles. The molecule has 0 aromatic heterocycles. The number of nitrogens with one attached hydrogen (secondary N) is 2. The first-order valence-electron chi connectivity index (χ1n) is 19.8. The van der Waals surface area contributed by atoms with Crippen molar-refractivity contribution in [2.24, 2.45) is 10.8 Å². The Labute approximate surface area is 332 Å². The zero-order chi connectivity index (χ0) is 40.7. The molecule has 4 aromatic carbocycles. The first-order valence-corrected chi connectivity index (χ1v) is 23.1. The van der Waals surface area contributed by atoms with E-state index in [2.05, 4.69) is 24.8 Å². The van der Waals surface area contributed by atoms with Gasteiger partial charge in [-0.05, 0) is 84.3 Å². The highest BCUT2D eigenvalue weighted by atomic mass is 32.2. The lowest BCUT2D eigenvalue weighted by atomic mass is 9.69. The summed E-state index contributed by atoms with van der Waals surface area (Å²) in [4.78, 5) is 0.484. The normalized spacial score (nSPS) is 26.3. The summed E-state index contributed by atoms with van der Waals surface area (Å²) >= 11 is 0. The van der Waals surface area contributed by atoms with Gasteiger partial charge in [-0.15, -0.1) is 0 Å². The Morgan fingerprint density at radius 3 is 1.23 bits per heavy atom. The molecule has 6 atom stereocenters. The number of anilines is 2. The number of fused-ring (bicyclic) bond motifs is 2. The van der Waals surface area contributed by atoms with Gasteiger partial charge in [0, 0.05) is 22.7 Å². The second-order valence-electron chi connectivity index (χ2n) is 15.6. The Morgan fingerprint density at radius 1 is 0.571 bits per heavy atom. The minimum Gasteiger partial charge on any atom is -0.392 e. The fourth-order valence-corrected chi connectivity index (χ4v) is 13.4. The van der Waals surface area contributed by atoms with Crippen LogP contribution in [0.5, 0.6) is 0 Å². The number of hydrogen-bond acceptors (Lipinski definition) is 10. The van der Waals surface area contributed by atoms with Gasteiger partial charge in [-0.2, -0.15) is 0 Å². The first kappa shape index (κ1) is 43.3. The predicted molar refractivity (Wildman–Crippen MR) is 221 cm³/mol. The number of aliphatic hydroxyl groups is 2. The van der Waals surface area contributed by atoms with Gasteiger partial charge in [0.25, 0.3) is 0 Å². The van der Waals surface area contributed by atoms with Gasteiger partial charge in [-0.25, -0.2) is 16.8 Å². The van der Waals surface area contributed by atoms with Gasteiger partial charge in [0.1, 0.15) is 0 Å². The van der Waals surface area contributed by atoms with Crippen molar-refractivity contribution in [1.29, 1.82) is 0 Å². The molecule has 10 nitrogen and oxygen atoms in total. The lowest BCUT2D eigenvalue weighted by Gasteiger charge is -2.39. The van der Waals surface area contributed by atoms with E-state index in [1.807, 2.05) is 74.5 Å². The summed E-state index contributed by atoms with van der Waals surface area (Å²) < 4.78 is 53.4. The summed E-state index contributed by atoms with van der Waals surface area (Å²) in [5, 5.41) is 42.0. The van der Waals surface area contributed by atoms with Gasteiger partial charge in [0.2, 0.25) is 0 Å². The largest absolute Gasteiger partial charge is 0.392 e. The number of unbranched alkanes of at least 4 members (excludes halogenated alkanes) is 2. The topological polar surface area (TPSA) is 173 Å². The molecule has 0 aliphatic carbocycles. The van der Waals surface area contributed by atoms with Gasteiger partial charge >= 0.3 is 0 Å². The number of rotatable bonds is 12. The summed E-state index contributed by atoms with van der Waals surface area (Å²) in [6.45, 7) is 8.08. The highest BCUT2D eigenvalue weighted by Crippen LogP contribution is 2.50. The van der Waals surface area contributed by atoms with Crippen molar-refractivity contribution >= 4 is 31.0 Å². The van der Waals surface area contributed by atoms with Gasteiger partial charge in [0.15, 0.2) is 19.7 Å². The van der Waals surface area contributed by atoms with E-state index in [-0.39, 0.29) is 21.3 Å². The van der Waals surface area contributed by atoms with Crippen molar-refractivity contribution in [3.63, 3.8) is 0 Å². The highest BCUT2D eigenvalue weighted by molar-refractivity contribution is 7.91. The maximum atomic E-state index is 13.4. The van der Waals surface area contributed by atoms with E-state index >= 15 is 0 Å². The van der Waals surface area contributed by atoms with Crippen LogP contribution in [-0.4, -0.2) is 61.2 Å². The van der Waals surface area contributed by atoms with Crippen LogP contribution in [0.3, 0.4) is 0 Å². The van der Waals surface area contributed by atoms with Crippen LogP contribution in [-0.2, 0) is 19.7 Å². The van der Waals surface area contributed by atoms with Crippen LogP contribution >= 0.6 is 0 Å². The molecule has 4 aromatic rings. The molecule has 0 fully saturated rings. The van der Waals surface area contributed by atoms with Crippen LogP contribution in [0.4, 0.5) is 11.4 Å². The molecule has 0 saturated heterocycles. The smallest absolute Gasteiger partial charge is 0.179 e. The van der Waals surface area contributed by atoms with E-state index in [9.17, 15) is 37.5 Å². The van der Waals surface area contributed by atoms with Crippen LogP contribution in [0, 0.1) is 10.8 Å². The third kappa shape index (κ3) is 8.71. The molecule has 0 radical (unpaired) electrons. The molecular weight excluding hydrogens is 749 g/mol. The molecular formula is C44H58N2O8S2.